The van der Waals surface area contributed by atoms with Gasteiger partial charge in [0, 0.05) is 19.3 Å². The first-order valence-corrected chi connectivity index (χ1v) is 32.3. The van der Waals surface area contributed by atoms with Crippen LogP contribution in [-0.4, -0.2) is 89.2 Å². The number of aliphatic carboxylic acids is 1. The van der Waals surface area contributed by atoms with E-state index in [0.717, 1.165) is 89.9 Å². The minimum Gasteiger partial charge on any atom is -0.479 e. The Balaban J connectivity index is 2.67. The Labute approximate surface area is 481 Å². The maximum Gasteiger partial charge on any atom is 0.335 e. The van der Waals surface area contributed by atoms with Crippen molar-refractivity contribution in [2.75, 3.05) is 13.2 Å². The number of hydrogen-bond acceptors (Lipinski definition) is 11. The molecule has 12 nitrogen and oxygen atoms in total. The van der Waals surface area contributed by atoms with Crippen molar-refractivity contribution in [3.63, 3.8) is 0 Å². The van der Waals surface area contributed by atoms with Crippen LogP contribution in [0.25, 0.3) is 0 Å². The van der Waals surface area contributed by atoms with Crippen molar-refractivity contribution in [2.45, 2.75) is 327 Å². The molecule has 0 aromatic rings. The molecule has 1 heterocycles. The highest BCUT2D eigenvalue weighted by molar-refractivity contribution is 5.74. The predicted molar refractivity (Wildman–Crippen MR) is 322 cm³/mol. The van der Waals surface area contributed by atoms with Gasteiger partial charge in [-0.2, -0.15) is 0 Å². The van der Waals surface area contributed by atoms with Crippen molar-refractivity contribution in [3.05, 3.63) is 60.8 Å². The summed E-state index contributed by atoms with van der Waals surface area (Å²) in [5.74, 6) is -3.16. The van der Waals surface area contributed by atoms with Crippen LogP contribution in [0.15, 0.2) is 60.8 Å². The van der Waals surface area contributed by atoms with Crippen molar-refractivity contribution in [2.24, 2.45) is 0 Å². The van der Waals surface area contributed by atoms with Crippen LogP contribution >= 0.6 is 0 Å². The number of aliphatic hydroxyl groups excluding tert-OH is 2. The first kappa shape index (κ1) is 73.4. The average Bonchev–Trinajstić information content (AvgIpc) is 3.46. The molecule has 0 saturated carbocycles. The molecule has 6 atom stereocenters. The summed E-state index contributed by atoms with van der Waals surface area (Å²) in [6.07, 6.45) is 56.1. The van der Waals surface area contributed by atoms with Gasteiger partial charge in [-0.3, -0.25) is 14.4 Å². The molecule has 456 valence electrons. The second-order valence-electron chi connectivity index (χ2n) is 22.0. The van der Waals surface area contributed by atoms with E-state index < -0.39 is 67.3 Å². The zero-order valence-corrected chi connectivity index (χ0v) is 50.4. The lowest BCUT2D eigenvalue weighted by molar-refractivity contribution is -0.301. The van der Waals surface area contributed by atoms with E-state index in [0.29, 0.717) is 19.3 Å². The normalized spacial score (nSPS) is 18.2. The zero-order valence-electron chi connectivity index (χ0n) is 50.4. The van der Waals surface area contributed by atoms with Crippen molar-refractivity contribution >= 4 is 23.9 Å². The summed E-state index contributed by atoms with van der Waals surface area (Å²) in [6.45, 7) is 5.88. The summed E-state index contributed by atoms with van der Waals surface area (Å²) in [7, 11) is 0. The van der Waals surface area contributed by atoms with Crippen LogP contribution in [0.5, 0.6) is 0 Å². The van der Waals surface area contributed by atoms with E-state index >= 15 is 0 Å². The largest absolute Gasteiger partial charge is 0.479 e. The van der Waals surface area contributed by atoms with Crippen molar-refractivity contribution in [1.29, 1.82) is 0 Å². The second kappa shape index (κ2) is 55.0. The molecule has 0 amide bonds. The number of rotatable bonds is 55. The molecule has 1 aliphatic heterocycles. The number of unbranched alkanes of at least 4 members (excludes halogenated alkanes) is 31. The lowest BCUT2D eigenvalue weighted by Gasteiger charge is -2.40. The number of carboxylic acids is 1. The van der Waals surface area contributed by atoms with Crippen LogP contribution in [0.2, 0.25) is 0 Å². The molecule has 1 rings (SSSR count). The number of esters is 3. The molecule has 0 aliphatic carbocycles. The van der Waals surface area contributed by atoms with Gasteiger partial charge in [-0.05, 0) is 83.5 Å². The Morgan fingerprint density at radius 3 is 1.25 bits per heavy atom. The number of carbonyl (C=O) groups is 4. The van der Waals surface area contributed by atoms with Gasteiger partial charge in [0.25, 0.3) is 0 Å². The molecule has 0 bridgehead atoms. The molecule has 0 radical (unpaired) electrons. The summed E-state index contributed by atoms with van der Waals surface area (Å²) >= 11 is 0. The monoisotopic (exact) mass is 1110 g/mol. The smallest absolute Gasteiger partial charge is 0.335 e. The van der Waals surface area contributed by atoms with Gasteiger partial charge in [-0.25, -0.2) is 4.79 Å². The van der Waals surface area contributed by atoms with Gasteiger partial charge in [0.1, 0.15) is 18.8 Å². The molecule has 0 aromatic heterocycles. The van der Waals surface area contributed by atoms with Crippen LogP contribution < -0.4 is 0 Å². The van der Waals surface area contributed by atoms with Gasteiger partial charge in [-0.15, -0.1) is 0 Å². The van der Waals surface area contributed by atoms with E-state index in [4.69, 9.17) is 23.7 Å². The van der Waals surface area contributed by atoms with Gasteiger partial charge in [0.15, 0.2) is 24.6 Å². The van der Waals surface area contributed by atoms with E-state index in [-0.39, 0.29) is 25.9 Å². The van der Waals surface area contributed by atoms with Crippen molar-refractivity contribution in [1.82, 2.24) is 0 Å². The van der Waals surface area contributed by atoms with Crippen LogP contribution in [0.3, 0.4) is 0 Å². The van der Waals surface area contributed by atoms with Gasteiger partial charge in [0.05, 0.1) is 6.61 Å². The maximum atomic E-state index is 13.2. The zero-order chi connectivity index (χ0) is 57.5. The Morgan fingerprint density at radius 1 is 0.430 bits per heavy atom. The second-order valence-corrected chi connectivity index (χ2v) is 22.0. The lowest BCUT2D eigenvalue weighted by Crippen LogP contribution is -2.61. The molecule has 1 aliphatic rings. The Bertz CT molecular complexity index is 1600. The summed E-state index contributed by atoms with van der Waals surface area (Å²) in [5, 5.41) is 31.6. The van der Waals surface area contributed by atoms with E-state index in [2.05, 4.69) is 81.5 Å². The number of carbonyl (C=O) groups excluding carboxylic acids is 3. The van der Waals surface area contributed by atoms with Gasteiger partial charge in [0.2, 0.25) is 0 Å². The standard InChI is InChI=1S/C67H116O12/c1-4-7-10-13-16-19-22-25-28-29-30-31-34-37-40-43-46-49-52-55-61(70)78-65-63(72)62(71)64(66(73)74)79-67(65)76-57-58(77-60(69)54-51-48-45-42-39-36-33-27-24-21-18-15-12-9-6-3)56-75-59(68)53-50-47-44-41-38-35-32-26-23-20-17-14-11-8-5-2/h8,11,17,20,25-26,28,32,38,41,58,62-65,67,71-72H,4-7,9-10,12-16,18-19,21-24,27,29-31,33-37,39-40,42-57H2,1-3H3,(H,73,74)/b11-8-,20-17-,28-25-,32-26-,41-38-. The molecule has 1 saturated heterocycles. The molecule has 0 spiro atoms. The molecular formula is C67H116O12. The molecule has 1 fully saturated rings. The van der Waals surface area contributed by atoms with Gasteiger partial charge in [-0.1, -0.05) is 248 Å². The van der Waals surface area contributed by atoms with Gasteiger partial charge >= 0.3 is 23.9 Å². The Hall–Kier alpha value is -3.58. The highest BCUT2D eigenvalue weighted by Gasteiger charge is 2.50. The summed E-state index contributed by atoms with van der Waals surface area (Å²) in [6, 6.07) is 0. The third kappa shape index (κ3) is 44.7. The number of aliphatic hydroxyl groups is 2. The number of allylic oxidation sites excluding steroid dienone is 10. The quantitative estimate of drug-likeness (QED) is 0.0228. The average molecular weight is 1110 g/mol. The molecule has 0 aromatic carbocycles. The fourth-order valence-corrected chi connectivity index (χ4v) is 9.65. The highest BCUT2D eigenvalue weighted by Crippen LogP contribution is 2.27. The predicted octanol–water partition coefficient (Wildman–Crippen LogP) is 17.1. The van der Waals surface area contributed by atoms with Crippen LogP contribution in [0.1, 0.15) is 290 Å². The highest BCUT2D eigenvalue weighted by atomic mass is 16.7. The van der Waals surface area contributed by atoms with Crippen LogP contribution in [-0.2, 0) is 42.9 Å². The van der Waals surface area contributed by atoms with E-state index in [1.165, 1.54) is 141 Å². The fraction of sp³-hybridized carbons (Fsp3) is 0.791. The molecule has 6 unspecified atom stereocenters. The first-order valence-electron chi connectivity index (χ1n) is 32.3. The van der Waals surface area contributed by atoms with Crippen molar-refractivity contribution < 1.29 is 58.2 Å². The maximum absolute atomic E-state index is 13.2. The van der Waals surface area contributed by atoms with E-state index in [1.807, 2.05) is 0 Å². The third-order valence-corrected chi connectivity index (χ3v) is 14.6. The number of carboxylic acid groups (broad SMARTS) is 1. The summed E-state index contributed by atoms with van der Waals surface area (Å²) < 4.78 is 28.5. The molecule has 3 N–H and O–H groups in total. The fourth-order valence-electron chi connectivity index (χ4n) is 9.65. The third-order valence-electron chi connectivity index (χ3n) is 14.6. The summed E-state index contributed by atoms with van der Waals surface area (Å²) in [4.78, 5) is 51.3. The van der Waals surface area contributed by atoms with E-state index in [1.54, 1.807) is 0 Å². The number of ether oxygens (including phenoxy) is 5. The minimum absolute atomic E-state index is 0.0553. The topological polar surface area (TPSA) is 175 Å². The molecule has 12 heteroatoms. The first-order chi connectivity index (χ1) is 38.6. The van der Waals surface area contributed by atoms with Gasteiger partial charge < -0.3 is 39.0 Å². The molecular weight excluding hydrogens is 997 g/mol. The van der Waals surface area contributed by atoms with Crippen LogP contribution in [0, 0.1) is 0 Å². The van der Waals surface area contributed by atoms with Crippen LogP contribution in [0.4, 0.5) is 0 Å². The number of hydrogen-bond donors (Lipinski definition) is 3. The van der Waals surface area contributed by atoms with E-state index in [9.17, 15) is 34.5 Å². The van der Waals surface area contributed by atoms with Crippen molar-refractivity contribution in [3.8, 4) is 0 Å². The Kier molecular flexibility index (Phi) is 51.1. The molecule has 79 heavy (non-hydrogen) atoms. The summed E-state index contributed by atoms with van der Waals surface area (Å²) in [5.41, 5.74) is 0. The SMILES string of the molecule is CC/C=C\C/C=C\C/C=C\C/C=C\CCCCC(=O)OCC(COC1OC(C(=O)O)C(O)C(O)C1OC(=O)CCCCCCCCCCC/C=C\CCCCCCCC)OC(=O)CCCCCCCCCCCCCCCCC. The minimum atomic E-state index is -1.91. The lowest BCUT2D eigenvalue weighted by atomic mass is 9.98. The Morgan fingerprint density at radius 2 is 0.797 bits per heavy atom.